The first-order valence-corrected chi connectivity index (χ1v) is 10.4. The zero-order chi connectivity index (χ0) is 19.2. The normalized spacial score (nSPS) is 11.8. The molecule has 0 saturated heterocycles. The molecule has 4 rings (SSSR count). The zero-order valence-electron chi connectivity index (χ0n) is 15.3. The summed E-state index contributed by atoms with van der Waals surface area (Å²) in [5.74, 6) is 0. The highest BCUT2D eigenvalue weighted by molar-refractivity contribution is 7.90. The molecule has 0 radical (unpaired) electrons. The molecule has 0 fully saturated rings. The van der Waals surface area contributed by atoms with Gasteiger partial charge < -0.3 is 4.98 Å². The molecule has 0 bridgehead atoms. The molecule has 0 atom stereocenters. The van der Waals surface area contributed by atoms with Crippen LogP contribution in [0.5, 0.6) is 0 Å². The Hall–Kier alpha value is -2.99. The van der Waals surface area contributed by atoms with Crippen LogP contribution in [-0.4, -0.2) is 29.6 Å². The van der Waals surface area contributed by atoms with Gasteiger partial charge in [-0.25, -0.2) is 13.4 Å². The summed E-state index contributed by atoms with van der Waals surface area (Å²) in [5.41, 5.74) is 7.10. The maximum atomic E-state index is 11.7. The van der Waals surface area contributed by atoms with Crippen molar-refractivity contribution < 1.29 is 8.42 Å². The van der Waals surface area contributed by atoms with Gasteiger partial charge in [0.15, 0.2) is 14.9 Å². The van der Waals surface area contributed by atoms with Gasteiger partial charge in [0, 0.05) is 52.6 Å². The number of rotatable bonds is 3. The monoisotopic (exact) mass is 377 g/mol. The van der Waals surface area contributed by atoms with Crippen molar-refractivity contribution in [1.82, 2.24) is 15.0 Å². The van der Waals surface area contributed by atoms with Gasteiger partial charge >= 0.3 is 0 Å². The largest absolute Gasteiger partial charge is 0.354 e. The van der Waals surface area contributed by atoms with Gasteiger partial charge in [0.1, 0.15) is 0 Å². The van der Waals surface area contributed by atoms with Crippen molar-refractivity contribution in [2.24, 2.45) is 0 Å². The van der Waals surface area contributed by atoms with Gasteiger partial charge in [-0.1, -0.05) is 6.07 Å². The van der Waals surface area contributed by atoms with E-state index in [1.807, 2.05) is 31.3 Å². The fourth-order valence-electron chi connectivity index (χ4n) is 3.23. The molecule has 27 heavy (non-hydrogen) atoms. The Morgan fingerprint density at radius 3 is 2.44 bits per heavy atom. The first kappa shape index (κ1) is 17.4. The molecule has 136 valence electrons. The number of nitrogens with one attached hydrogen (secondary N) is 1. The van der Waals surface area contributed by atoms with Crippen LogP contribution in [0, 0.1) is 13.8 Å². The summed E-state index contributed by atoms with van der Waals surface area (Å²) in [6, 6.07) is 11.9. The SMILES string of the molecule is Cc1cc(S(C)(=O)=O)ncc1-c1ccc2[nH]c(-c3cnccc3C)cc2c1. The number of pyridine rings is 2. The lowest BCUT2D eigenvalue weighted by atomic mass is 10.0. The number of aryl methyl sites for hydroxylation is 2. The Balaban J connectivity index is 1.80. The highest BCUT2D eigenvalue weighted by Gasteiger charge is 2.13. The van der Waals surface area contributed by atoms with Crippen molar-refractivity contribution >= 4 is 20.7 Å². The molecule has 0 saturated carbocycles. The number of hydrogen-bond acceptors (Lipinski definition) is 4. The molecule has 0 aliphatic rings. The summed E-state index contributed by atoms with van der Waals surface area (Å²) < 4.78 is 23.4. The minimum Gasteiger partial charge on any atom is -0.354 e. The van der Waals surface area contributed by atoms with Crippen LogP contribution in [0.2, 0.25) is 0 Å². The molecule has 4 aromatic rings. The predicted molar refractivity (Wildman–Crippen MR) is 107 cm³/mol. The lowest BCUT2D eigenvalue weighted by Crippen LogP contribution is -2.01. The van der Waals surface area contributed by atoms with Crippen molar-refractivity contribution in [2.75, 3.05) is 6.26 Å². The molecule has 3 aromatic heterocycles. The average Bonchev–Trinajstić information content (AvgIpc) is 3.04. The third-order valence-corrected chi connectivity index (χ3v) is 5.71. The molecule has 6 heteroatoms. The Labute approximate surface area is 158 Å². The molecule has 0 aliphatic heterocycles. The van der Waals surface area contributed by atoms with Crippen LogP contribution < -0.4 is 0 Å². The van der Waals surface area contributed by atoms with Gasteiger partial charge in [-0.05, 0) is 60.9 Å². The summed E-state index contributed by atoms with van der Waals surface area (Å²) in [6.45, 7) is 3.96. The van der Waals surface area contributed by atoms with E-state index in [4.69, 9.17) is 0 Å². The third-order valence-electron chi connectivity index (χ3n) is 4.73. The Morgan fingerprint density at radius 2 is 1.74 bits per heavy atom. The zero-order valence-corrected chi connectivity index (χ0v) is 16.1. The molecule has 5 nitrogen and oxygen atoms in total. The molecule has 0 unspecified atom stereocenters. The highest BCUT2D eigenvalue weighted by Crippen LogP contribution is 2.31. The molecular formula is C21H19N3O2S. The molecule has 1 N–H and O–H groups in total. The third kappa shape index (κ3) is 3.24. The van der Waals surface area contributed by atoms with Gasteiger partial charge in [0.2, 0.25) is 0 Å². The topological polar surface area (TPSA) is 75.7 Å². The molecular weight excluding hydrogens is 358 g/mol. The van der Waals surface area contributed by atoms with Crippen LogP contribution in [0.4, 0.5) is 0 Å². The minimum absolute atomic E-state index is 0.0980. The molecule has 0 amide bonds. The summed E-state index contributed by atoms with van der Waals surface area (Å²) >= 11 is 0. The Bertz CT molecular complexity index is 1270. The van der Waals surface area contributed by atoms with E-state index in [2.05, 4.69) is 34.0 Å². The summed E-state index contributed by atoms with van der Waals surface area (Å²) in [7, 11) is -3.31. The van der Waals surface area contributed by atoms with Gasteiger partial charge in [-0.3, -0.25) is 4.98 Å². The van der Waals surface area contributed by atoms with E-state index in [0.717, 1.165) is 44.4 Å². The number of aromatic nitrogens is 3. The highest BCUT2D eigenvalue weighted by atomic mass is 32.2. The summed E-state index contributed by atoms with van der Waals surface area (Å²) in [4.78, 5) is 11.8. The van der Waals surface area contributed by atoms with Crippen LogP contribution in [-0.2, 0) is 9.84 Å². The van der Waals surface area contributed by atoms with Gasteiger partial charge in [-0.2, -0.15) is 0 Å². The van der Waals surface area contributed by atoms with Crippen LogP contribution in [0.15, 0.2) is 60.0 Å². The Kier molecular flexibility index (Phi) is 4.08. The van der Waals surface area contributed by atoms with E-state index < -0.39 is 9.84 Å². The predicted octanol–water partition coefficient (Wildman–Crippen LogP) is 4.31. The summed E-state index contributed by atoms with van der Waals surface area (Å²) in [5, 5.41) is 1.18. The van der Waals surface area contributed by atoms with Crippen molar-refractivity contribution in [2.45, 2.75) is 18.9 Å². The van der Waals surface area contributed by atoms with E-state index in [0.29, 0.717) is 0 Å². The second kappa shape index (κ2) is 6.32. The smallest absolute Gasteiger partial charge is 0.192 e. The Morgan fingerprint density at radius 1 is 0.926 bits per heavy atom. The molecule has 1 aromatic carbocycles. The van der Waals surface area contributed by atoms with Crippen LogP contribution in [0.3, 0.4) is 0 Å². The van der Waals surface area contributed by atoms with E-state index in [-0.39, 0.29) is 5.03 Å². The fourth-order valence-corrected chi connectivity index (χ4v) is 3.86. The second-order valence-electron chi connectivity index (χ2n) is 6.79. The maximum absolute atomic E-state index is 11.7. The maximum Gasteiger partial charge on any atom is 0.192 e. The number of nitrogens with zero attached hydrogens (tertiary/aromatic N) is 2. The van der Waals surface area contributed by atoms with Crippen molar-refractivity contribution in [3.05, 3.63) is 66.1 Å². The number of H-pyrrole nitrogens is 1. The lowest BCUT2D eigenvalue weighted by Gasteiger charge is -2.07. The van der Waals surface area contributed by atoms with Gasteiger partial charge in [0.05, 0.1) is 0 Å². The number of fused-ring (bicyclic) bond motifs is 1. The number of sulfone groups is 1. The van der Waals surface area contributed by atoms with Crippen molar-refractivity contribution in [1.29, 1.82) is 0 Å². The number of aromatic amines is 1. The van der Waals surface area contributed by atoms with E-state index in [1.54, 1.807) is 18.5 Å². The van der Waals surface area contributed by atoms with Crippen LogP contribution >= 0.6 is 0 Å². The fraction of sp³-hybridized carbons (Fsp3) is 0.143. The van der Waals surface area contributed by atoms with E-state index in [1.165, 1.54) is 6.26 Å². The standard InChI is InChI=1S/C21H19N3O2S/c1-13-6-7-22-11-18(13)20-10-16-9-15(4-5-19(16)24-20)17-12-23-21(8-14(17)2)27(3,25)26/h4-12,24H,1-3H3. The lowest BCUT2D eigenvalue weighted by molar-refractivity contribution is 0.598. The first-order valence-electron chi connectivity index (χ1n) is 8.54. The molecule has 0 aliphatic carbocycles. The number of hydrogen-bond donors (Lipinski definition) is 1. The van der Waals surface area contributed by atoms with Crippen LogP contribution in [0.1, 0.15) is 11.1 Å². The van der Waals surface area contributed by atoms with Gasteiger partial charge in [0.25, 0.3) is 0 Å². The average molecular weight is 377 g/mol. The number of benzene rings is 1. The second-order valence-corrected chi connectivity index (χ2v) is 8.75. The van der Waals surface area contributed by atoms with Gasteiger partial charge in [-0.15, -0.1) is 0 Å². The van der Waals surface area contributed by atoms with Crippen LogP contribution in [0.25, 0.3) is 33.3 Å². The van der Waals surface area contributed by atoms with E-state index >= 15 is 0 Å². The summed E-state index contributed by atoms with van der Waals surface area (Å²) in [6.07, 6.45) is 6.45. The first-order chi connectivity index (χ1) is 12.8. The molecule has 3 heterocycles. The molecule has 0 spiro atoms. The van der Waals surface area contributed by atoms with E-state index in [9.17, 15) is 8.42 Å². The minimum atomic E-state index is -3.31. The van der Waals surface area contributed by atoms with Crippen molar-refractivity contribution in [3.8, 4) is 22.4 Å². The van der Waals surface area contributed by atoms with Crippen molar-refractivity contribution in [3.63, 3.8) is 0 Å². The quantitative estimate of drug-likeness (QED) is 0.577.